The highest BCUT2D eigenvalue weighted by Gasteiger charge is 2.12. The van der Waals surface area contributed by atoms with E-state index in [0.717, 1.165) is 6.54 Å². The van der Waals surface area contributed by atoms with Crippen LogP contribution in [0.2, 0.25) is 0 Å². The third kappa shape index (κ3) is 5.48. The van der Waals surface area contributed by atoms with Gasteiger partial charge in [-0.25, -0.2) is 0 Å². The highest BCUT2D eigenvalue weighted by Crippen LogP contribution is 2.08. The van der Waals surface area contributed by atoms with Gasteiger partial charge in [0.15, 0.2) is 0 Å². The van der Waals surface area contributed by atoms with Crippen molar-refractivity contribution >= 4 is 17.6 Å². The number of rotatable bonds is 7. The molecule has 0 saturated carbocycles. The molecule has 1 heterocycles. The van der Waals surface area contributed by atoms with Crippen LogP contribution in [0.1, 0.15) is 19.5 Å². The summed E-state index contributed by atoms with van der Waals surface area (Å²) in [6.45, 7) is 5.26. The average Bonchev–Trinajstić information content (AvgIpc) is 2.37. The first kappa shape index (κ1) is 15.1. The maximum Gasteiger partial charge on any atom is 0.309 e. The molecule has 19 heavy (non-hydrogen) atoms. The number of hydrogen-bond acceptors (Lipinski definition) is 4. The molecule has 104 valence electrons. The minimum Gasteiger partial charge on any atom is -0.481 e. The number of carboxylic acids is 1. The van der Waals surface area contributed by atoms with E-state index in [9.17, 15) is 9.59 Å². The fourth-order valence-electron chi connectivity index (χ4n) is 1.48. The molecule has 0 saturated heterocycles. The maximum absolute atomic E-state index is 11.8. The molecule has 3 N–H and O–H groups in total. The zero-order chi connectivity index (χ0) is 14.3. The molecule has 0 spiro atoms. The molecule has 0 fully saturated rings. The summed E-state index contributed by atoms with van der Waals surface area (Å²) >= 11 is 0. The number of pyridine rings is 1. The lowest BCUT2D eigenvalue weighted by molar-refractivity contribution is -0.136. The molecule has 0 radical (unpaired) electrons. The number of aromatic nitrogens is 1. The number of aliphatic carboxylic acids is 1. The van der Waals surface area contributed by atoms with E-state index in [1.807, 2.05) is 13.8 Å². The number of nitrogens with one attached hydrogen (secondary N) is 2. The van der Waals surface area contributed by atoms with Crippen molar-refractivity contribution in [1.29, 1.82) is 0 Å². The first-order chi connectivity index (χ1) is 9.02. The molecule has 6 nitrogen and oxygen atoms in total. The first-order valence-electron chi connectivity index (χ1n) is 6.21. The van der Waals surface area contributed by atoms with Crippen LogP contribution in [0, 0.1) is 5.92 Å². The van der Waals surface area contributed by atoms with E-state index >= 15 is 0 Å². The third-order valence-corrected chi connectivity index (χ3v) is 2.57. The molecule has 1 rings (SSSR count). The minimum atomic E-state index is -0.927. The second-order valence-corrected chi connectivity index (χ2v) is 4.31. The van der Waals surface area contributed by atoms with Crippen LogP contribution < -0.4 is 10.6 Å². The van der Waals surface area contributed by atoms with Crippen LogP contribution in [-0.2, 0) is 16.0 Å². The SMILES string of the molecule is CCNCC(C)C(=O)Nc1ccc(CC(=O)O)nc1. The van der Waals surface area contributed by atoms with Crippen LogP contribution in [0.3, 0.4) is 0 Å². The molecule has 0 aliphatic carbocycles. The normalized spacial score (nSPS) is 11.9. The first-order valence-corrected chi connectivity index (χ1v) is 6.21. The molecule has 6 heteroatoms. The predicted molar refractivity (Wildman–Crippen MR) is 71.9 cm³/mol. The number of carbonyl (C=O) groups excluding carboxylic acids is 1. The average molecular weight is 265 g/mol. The molecule has 0 aromatic carbocycles. The molecular formula is C13H19N3O3. The van der Waals surface area contributed by atoms with E-state index in [2.05, 4.69) is 15.6 Å². The Hall–Kier alpha value is -1.95. The fraction of sp³-hybridized carbons (Fsp3) is 0.462. The monoisotopic (exact) mass is 265 g/mol. The Labute approximate surface area is 112 Å². The molecule has 0 aliphatic rings. The van der Waals surface area contributed by atoms with Crippen molar-refractivity contribution in [3.05, 3.63) is 24.0 Å². The molecule has 1 unspecified atom stereocenters. The van der Waals surface area contributed by atoms with E-state index in [0.29, 0.717) is 17.9 Å². The van der Waals surface area contributed by atoms with Gasteiger partial charge in [-0.15, -0.1) is 0 Å². The Balaban J connectivity index is 2.52. The summed E-state index contributed by atoms with van der Waals surface area (Å²) in [4.78, 5) is 26.3. The van der Waals surface area contributed by atoms with Crippen molar-refractivity contribution in [3.63, 3.8) is 0 Å². The van der Waals surface area contributed by atoms with Crippen LogP contribution in [-0.4, -0.2) is 35.1 Å². The van der Waals surface area contributed by atoms with Gasteiger partial charge in [-0.1, -0.05) is 13.8 Å². The number of nitrogens with zero attached hydrogens (tertiary/aromatic N) is 1. The van der Waals surface area contributed by atoms with Crippen LogP contribution in [0.5, 0.6) is 0 Å². The summed E-state index contributed by atoms with van der Waals surface area (Å²) in [6, 6.07) is 3.25. The molecule has 1 aromatic rings. The van der Waals surface area contributed by atoms with Crippen molar-refractivity contribution in [2.24, 2.45) is 5.92 Å². The Morgan fingerprint density at radius 3 is 2.68 bits per heavy atom. The Morgan fingerprint density at radius 1 is 1.42 bits per heavy atom. The van der Waals surface area contributed by atoms with E-state index in [-0.39, 0.29) is 18.2 Å². The van der Waals surface area contributed by atoms with Gasteiger partial charge in [0.1, 0.15) is 0 Å². The smallest absolute Gasteiger partial charge is 0.309 e. The van der Waals surface area contributed by atoms with Gasteiger partial charge in [0, 0.05) is 12.5 Å². The lowest BCUT2D eigenvalue weighted by Gasteiger charge is -2.12. The Bertz CT molecular complexity index is 431. The second-order valence-electron chi connectivity index (χ2n) is 4.31. The Kier molecular flexibility index (Phi) is 5.95. The number of carbonyl (C=O) groups is 2. The summed E-state index contributed by atoms with van der Waals surface area (Å²) in [5, 5.41) is 14.5. The van der Waals surface area contributed by atoms with Gasteiger partial charge in [-0.2, -0.15) is 0 Å². The van der Waals surface area contributed by atoms with Gasteiger partial charge in [0.2, 0.25) is 5.91 Å². The Morgan fingerprint density at radius 2 is 2.16 bits per heavy atom. The molecule has 1 atom stereocenters. The molecule has 1 aromatic heterocycles. The topological polar surface area (TPSA) is 91.3 Å². The fourth-order valence-corrected chi connectivity index (χ4v) is 1.48. The zero-order valence-electron chi connectivity index (χ0n) is 11.1. The van der Waals surface area contributed by atoms with E-state index in [4.69, 9.17) is 5.11 Å². The van der Waals surface area contributed by atoms with E-state index in [1.54, 1.807) is 12.1 Å². The summed E-state index contributed by atoms with van der Waals surface area (Å²) in [5.74, 6) is -1.16. The lowest BCUT2D eigenvalue weighted by atomic mass is 10.1. The highest BCUT2D eigenvalue weighted by atomic mass is 16.4. The van der Waals surface area contributed by atoms with E-state index < -0.39 is 5.97 Å². The summed E-state index contributed by atoms with van der Waals surface area (Å²) in [6.07, 6.45) is 1.35. The van der Waals surface area contributed by atoms with Crippen LogP contribution >= 0.6 is 0 Å². The number of anilines is 1. The maximum atomic E-state index is 11.8. The van der Waals surface area contributed by atoms with Gasteiger partial charge in [0.25, 0.3) is 0 Å². The van der Waals surface area contributed by atoms with Crippen molar-refractivity contribution < 1.29 is 14.7 Å². The summed E-state index contributed by atoms with van der Waals surface area (Å²) in [5.41, 5.74) is 1.04. The van der Waals surface area contributed by atoms with Crippen molar-refractivity contribution in [1.82, 2.24) is 10.3 Å². The zero-order valence-corrected chi connectivity index (χ0v) is 11.1. The number of carboxylic acid groups (broad SMARTS) is 1. The number of hydrogen-bond donors (Lipinski definition) is 3. The van der Waals surface area contributed by atoms with Crippen molar-refractivity contribution in [2.45, 2.75) is 20.3 Å². The third-order valence-electron chi connectivity index (χ3n) is 2.57. The van der Waals surface area contributed by atoms with Crippen LogP contribution in [0.4, 0.5) is 5.69 Å². The quantitative estimate of drug-likeness (QED) is 0.681. The van der Waals surface area contributed by atoms with Gasteiger partial charge in [-0.3, -0.25) is 14.6 Å². The van der Waals surface area contributed by atoms with Gasteiger partial charge < -0.3 is 15.7 Å². The predicted octanol–water partition coefficient (Wildman–Crippen LogP) is 0.893. The molecular weight excluding hydrogens is 246 g/mol. The minimum absolute atomic E-state index is 0.0891. The highest BCUT2D eigenvalue weighted by molar-refractivity contribution is 5.92. The summed E-state index contributed by atoms with van der Waals surface area (Å²) < 4.78 is 0. The van der Waals surface area contributed by atoms with Crippen LogP contribution in [0.15, 0.2) is 18.3 Å². The second kappa shape index (κ2) is 7.48. The number of amides is 1. The van der Waals surface area contributed by atoms with Crippen molar-refractivity contribution in [2.75, 3.05) is 18.4 Å². The molecule has 1 amide bonds. The standard InChI is InChI=1S/C13H19N3O3/c1-3-14-7-9(2)13(19)16-11-5-4-10(15-8-11)6-12(17)18/h4-5,8-9,14H,3,6-7H2,1-2H3,(H,16,19)(H,17,18). The van der Waals surface area contributed by atoms with Crippen molar-refractivity contribution in [3.8, 4) is 0 Å². The van der Waals surface area contributed by atoms with Crippen LogP contribution in [0.25, 0.3) is 0 Å². The summed E-state index contributed by atoms with van der Waals surface area (Å²) in [7, 11) is 0. The van der Waals surface area contributed by atoms with E-state index in [1.165, 1.54) is 6.20 Å². The van der Waals surface area contributed by atoms with Gasteiger partial charge in [-0.05, 0) is 18.7 Å². The van der Waals surface area contributed by atoms with Gasteiger partial charge >= 0.3 is 5.97 Å². The molecule has 0 aliphatic heterocycles. The van der Waals surface area contributed by atoms with Gasteiger partial charge in [0.05, 0.1) is 24.0 Å². The molecule has 0 bridgehead atoms. The lowest BCUT2D eigenvalue weighted by Crippen LogP contribution is -2.30. The largest absolute Gasteiger partial charge is 0.481 e.